The Morgan fingerprint density at radius 3 is 2.96 bits per heavy atom. The van der Waals surface area contributed by atoms with E-state index in [1.165, 1.54) is 5.56 Å². The second kappa shape index (κ2) is 5.09. The molecule has 1 aromatic carbocycles. The van der Waals surface area contributed by atoms with Gasteiger partial charge in [-0.1, -0.05) is 18.2 Å². The van der Waals surface area contributed by atoms with E-state index in [9.17, 15) is 15.0 Å². The summed E-state index contributed by atoms with van der Waals surface area (Å²) in [5.74, 6) is 1.04. The van der Waals surface area contributed by atoms with E-state index < -0.39 is 6.10 Å². The van der Waals surface area contributed by atoms with Crippen molar-refractivity contribution < 1.29 is 15.0 Å². The highest BCUT2D eigenvalue weighted by Gasteiger charge is 2.70. The van der Waals surface area contributed by atoms with E-state index >= 15 is 0 Å². The van der Waals surface area contributed by atoms with Crippen molar-refractivity contribution in [1.29, 1.82) is 0 Å². The number of nitrogens with zero attached hydrogens (tertiary/aromatic N) is 2. The molecule has 3 saturated heterocycles. The number of carbonyl (C=O) groups excluding carboxylic acids is 1. The third kappa shape index (κ3) is 1.62. The minimum Gasteiger partial charge on any atom is -0.396 e. The third-order valence-corrected chi connectivity index (χ3v) is 8.34. The average Bonchev–Trinajstić information content (AvgIpc) is 3.17. The van der Waals surface area contributed by atoms with Crippen molar-refractivity contribution in [2.45, 2.75) is 49.3 Å². The first-order chi connectivity index (χ1) is 12.7. The summed E-state index contributed by atoms with van der Waals surface area (Å²) < 4.78 is 0. The van der Waals surface area contributed by atoms with Crippen molar-refractivity contribution >= 4 is 11.6 Å². The first-order valence-corrected chi connectivity index (χ1v) is 10.1. The maximum atomic E-state index is 13.0. The second-order valence-electron chi connectivity index (χ2n) is 9.05. The van der Waals surface area contributed by atoms with E-state index in [1.54, 1.807) is 0 Å². The number of carbonyl (C=O) groups is 1. The molecule has 0 radical (unpaired) electrons. The van der Waals surface area contributed by atoms with E-state index in [4.69, 9.17) is 0 Å². The molecule has 7 atom stereocenters. The average molecular weight is 354 g/mol. The number of aliphatic hydroxyl groups excluding tert-OH is 2. The molecular weight excluding hydrogens is 328 g/mol. The molecule has 1 saturated carbocycles. The topological polar surface area (TPSA) is 64.0 Å². The molecule has 1 aliphatic carbocycles. The molecule has 4 fully saturated rings. The molecule has 1 aromatic rings. The smallest absolute Gasteiger partial charge is 0.229 e. The summed E-state index contributed by atoms with van der Waals surface area (Å²) in [5, 5.41) is 20.6. The Labute approximate surface area is 153 Å². The number of piperidine rings is 2. The van der Waals surface area contributed by atoms with Crippen LogP contribution < -0.4 is 4.90 Å². The minimum absolute atomic E-state index is 0.0149. The van der Waals surface area contributed by atoms with Gasteiger partial charge in [0.2, 0.25) is 5.91 Å². The highest BCUT2D eigenvalue weighted by atomic mass is 16.3. The molecule has 2 N–H and O–H groups in total. The number of para-hydroxylation sites is 1. The molecule has 26 heavy (non-hydrogen) atoms. The van der Waals surface area contributed by atoms with Crippen LogP contribution in [0.1, 0.15) is 31.2 Å². The molecule has 4 aliphatic heterocycles. The minimum atomic E-state index is -0.547. The monoisotopic (exact) mass is 354 g/mol. The summed E-state index contributed by atoms with van der Waals surface area (Å²) in [5.41, 5.74) is 2.41. The van der Waals surface area contributed by atoms with Crippen LogP contribution in [0.5, 0.6) is 0 Å². The number of rotatable bonds is 2. The largest absolute Gasteiger partial charge is 0.396 e. The normalized spacial score (nSPS) is 45.6. The van der Waals surface area contributed by atoms with E-state index in [1.807, 2.05) is 6.07 Å². The van der Waals surface area contributed by atoms with Crippen molar-refractivity contribution in [3.05, 3.63) is 29.8 Å². The fourth-order valence-electron chi connectivity index (χ4n) is 7.61. The van der Waals surface area contributed by atoms with Gasteiger partial charge in [0, 0.05) is 36.2 Å². The molecule has 5 heteroatoms. The fraction of sp³-hybridized carbons (Fsp3) is 0.667. The number of benzene rings is 1. The molecule has 0 aromatic heterocycles. The van der Waals surface area contributed by atoms with Gasteiger partial charge in [0.05, 0.1) is 18.6 Å². The Morgan fingerprint density at radius 2 is 2.12 bits per heavy atom. The standard InChI is InChI=1S/C21H26N2O3/c24-8-5-12-11-22-7-6-21-14-3-1-2-4-15(14)23-18(26)10-16(25)19(20(21)23)13(12)9-17(21)22/h1-4,12-13,16-17,19-20,24-25H,5-11H2/t12?,13?,16?,17?,19?,20-,21?/m0/s1. The number of fused-ring (bicyclic) bond motifs is 4. The summed E-state index contributed by atoms with van der Waals surface area (Å²) in [7, 11) is 0. The Bertz CT molecular complexity index is 782. The SMILES string of the molecule is O=C1CC(O)C2C3CC4N(CCC45c4ccccc4N1[C@@H]25)CC3CCO. The highest BCUT2D eigenvalue weighted by Crippen LogP contribution is 2.65. The lowest BCUT2D eigenvalue weighted by atomic mass is 9.52. The maximum absolute atomic E-state index is 13.0. The summed E-state index contributed by atoms with van der Waals surface area (Å²) >= 11 is 0. The van der Waals surface area contributed by atoms with Crippen molar-refractivity contribution in [3.8, 4) is 0 Å². The van der Waals surface area contributed by atoms with Crippen molar-refractivity contribution in [1.82, 2.24) is 4.90 Å². The summed E-state index contributed by atoms with van der Waals surface area (Å²) in [4.78, 5) is 17.7. The van der Waals surface area contributed by atoms with Crippen LogP contribution in [0, 0.1) is 17.8 Å². The Balaban J connectivity index is 1.58. The van der Waals surface area contributed by atoms with Crippen LogP contribution in [0.15, 0.2) is 24.3 Å². The van der Waals surface area contributed by atoms with E-state index in [0.717, 1.165) is 38.0 Å². The van der Waals surface area contributed by atoms with Crippen LogP contribution in [0.2, 0.25) is 0 Å². The zero-order chi connectivity index (χ0) is 17.6. The molecule has 2 bridgehead atoms. The summed E-state index contributed by atoms with van der Waals surface area (Å²) in [6.45, 7) is 2.31. The first kappa shape index (κ1) is 15.6. The van der Waals surface area contributed by atoms with Crippen molar-refractivity contribution in [3.63, 3.8) is 0 Å². The van der Waals surface area contributed by atoms with Crippen LogP contribution in [-0.2, 0) is 10.2 Å². The molecule has 5 nitrogen and oxygen atoms in total. The van der Waals surface area contributed by atoms with Gasteiger partial charge >= 0.3 is 0 Å². The van der Waals surface area contributed by atoms with Crippen LogP contribution >= 0.6 is 0 Å². The maximum Gasteiger partial charge on any atom is 0.229 e. The van der Waals surface area contributed by atoms with Gasteiger partial charge in [-0.05, 0) is 49.3 Å². The van der Waals surface area contributed by atoms with Crippen molar-refractivity contribution in [2.75, 3.05) is 24.6 Å². The quantitative estimate of drug-likeness (QED) is 0.836. The van der Waals surface area contributed by atoms with E-state index in [-0.39, 0.29) is 36.3 Å². The van der Waals surface area contributed by atoms with Gasteiger partial charge in [0.25, 0.3) is 0 Å². The molecule has 1 amide bonds. The van der Waals surface area contributed by atoms with E-state index in [0.29, 0.717) is 17.9 Å². The van der Waals surface area contributed by atoms with Crippen LogP contribution in [-0.4, -0.2) is 58.9 Å². The highest BCUT2D eigenvalue weighted by molar-refractivity contribution is 5.99. The number of aliphatic hydroxyl groups is 2. The number of hydrogen-bond donors (Lipinski definition) is 2. The zero-order valence-corrected chi connectivity index (χ0v) is 14.9. The lowest BCUT2D eigenvalue weighted by Gasteiger charge is -2.60. The van der Waals surface area contributed by atoms with Gasteiger partial charge in [0.1, 0.15) is 0 Å². The zero-order valence-electron chi connectivity index (χ0n) is 14.9. The Morgan fingerprint density at radius 1 is 1.27 bits per heavy atom. The fourth-order valence-corrected chi connectivity index (χ4v) is 7.61. The van der Waals surface area contributed by atoms with E-state index in [2.05, 4.69) is 28.0 Å². The number of hydrogen-bond acceptors (Lipinski definition) is 4. The van der Waals surface area contributed by atoms with Crippen LogP contribution in [0.4, 0.5) is 5.69 Å². The molecule has 1 spiro atoms. The van der Waals surface area contributed by atoms with Crippen LogP contribution in [0.3, 0.4) is 0 Å². The predicted octanol–water partition coefficient (Wildman–Crippen LogP) is 1.13. The van der Waals surface area contributed by atoms with Crippen molar-refractivity contribution in [2.24, 2.45) is 17.8 Å². The van der Waals surface area contributed by atoms with Gasteiger partial charge in [0.15, 0.2) is 0 Å². The third-order valence-electron chi connectivity index (χ3n) is 8.34. The predicted molar refractivity (Wildman–Crippen MR) is 96.8 cm³/mol. The summed E-state index contributed by atoms with van der Waals surface area (Å²) in [6.07, 6.45) is 2.67. The Kier molecular flexibility index (Phi) is 3.06. The lowest BCUT2D eigenvalue weighted by Crippen LogP contribution is -2.70. The first-order valence-electron chi connectivity index (χ1n) is 10.1. The second-order valence-corrected chi connectivity index (χ2v) is 9.05. The lowest BCUT2D eigenvalue weighted by molar-refractivity contribution is -0.135. The Hall–Kier alpha value is -1.43. The number of amides is 1. The number of anilines is 1. The van der Waals surface area contributed by atoms with Crippen LogP contribution in [0.25, 0.3) is 0 Å². The van der Waals surface area contributed by atoms with Gasteiger partial charge in [-0.25, -0.2) is 0 Å². The summed E-state index contributed by atoms with van der Waals surface area (Å²) in [6, 6.07) is 9.03. The molecule has 6 unspecified atom stereocenters. The van der Waals surface area contributed by atoms with Gasteiger partial charge < -0.3 is 15.1 Å². The van der Waals surface area contributed by atoms with Gasteiger partial charge in [-0.2, -0.15) is 0 Å². The molecule has 4 heterocycles. The van der Waals surface area contributed by atoms with Gasteiger partial charge in [-0.3, -0.25) is 9.69 Å². The molecule has 6 rings (SSSR count). The van der Waals surface area contributed by atoms with Gasteiger partial charge in [-0.15, -0.1) is 0 Å². The molecular formula is C21H26N2O3. The molecule has 138 valence electrons. The molecule has 5 aliphatic rings.